The van der Waals surface area contributed by atoms with Gasteiger partial charge in [0.2, 0.25) is 0 Å². The van der Waals surface area contributed by atoms with Crippen LogP contribution in [-0.2, 0) is 0 Å². The number of benzene rings is 2. The van der Waals surface area contributed by atoms with Crippen LogP contribution in [-0.4, -0.2) is 38.8 Å². The molecule has 0 saturated carbocycles. The van der Waals surface area contributed by atoms with Crippen LogP contribution in [0.15, 0.2) is 60.9 Å². The Hall–Kier alpha value is -3.15. The van der Waals surface area contributed by atoms with Crippen LogP contribution in [0, 0.1) is 0 Å². The van der Waals surface area contributed by atoms with Gasteiger partial charge in [0.05, 0.1) is 5.69 Å². The number of anilines is 1. The van der Waals surface area contributed by atoms with E-state index < -0.39 is 0 Å². The molecule has 0 unspecified atom stereocenters. The number of amides is 2. The molecular weight excluding hydrogens is 362 g/mol. The van der Waals surface area contributed by atoms with Crippen molar-refractivity contribution in [3.05, 3.63) is 66.5 Å². The third-order valence-electron chi connectivity index (χ3n) is 5.59. The van der Waals surface area contributed by atoms with Gasteiger partial charge in [-0.1, -0.05) is 42.5 Å². The summed E-state index contributed by atoms with van der Waals surface area (Å²) in [4.78, 5) is 14.8. The number of likely N-dealkylation sites (tertiary alicyclic amines) is 1. The number of piperidine rings is 1. The first kappa shape index (κ1) is 19.2. The number of hydrogen-bond donors (Lipinski definition) is 1. The molecule has 0 spiro atoms. The molecule has 0 atom stereocenters. The summed E-state index contributed by atoms with van der Waals surface area (Å²) >= 11 is 0. The van der Waals surface area contributed by atoms with Crippen LogP contribution in [0.4, 0.5) is 10.5 Å². The van der Waals surface area contributed by atoms with Gasteiger partial charge in [-0.15, -0.1) is 10.2 Å². The maximum Gasteiger partial charge on any atom is 0.321 e. The lowest BCUT2D eigenvalue weighted by atomic mass is 9.90. The summed E-state index contributed by atoms with van der Waals surface area (Å²) in [6, 6.07) is 18.5. The molecule has 1 N–H and O–H groups in total. The predicted octanol–water partition coefficient (Wildman–Crippen LogP) is 4.94. The van der Waals surface area contributed by atoms with Crippen molar-refractivity contribution in [3.63, 3.8) is 0 Å². The highest BCUT2D eigenvalue weighted by molar-refractivity contribution is 5.93. The molecule has 0 bridgehead atoms. The number of carbonyl (C=O) groups is 1. The number of rotatable bonds is 4. The van der Waals surface area contributed by atoms with Gasteiger partial charge in [-0.25, -0.2) is 4.79 Å². The van der Waals surface area contributed by atoms with Gasteiger partial charge in [0.15, 0.2) is 5.82 Å². The van der Waals surface area contributed by atoms with Gasteiger partial charge in [0.25, 0.3) is 0 Å². The van der Waals surface area contributed by atoms with Gasteiger partial charge >= 0.3 is 6.03 Å². The highest BCUT2D eigenvalue weighted by Crippen LogP contribution is 2.30. The zero-order valence-corrected chi connectivity index (χ0v) is 17.0. The summed E-state index contributed by atoms with van der Waals surface area (Å²) in [5.41, 5.74) is 3.01. The minimum Gasteiger partial charge on any atom is -0.324 e. The molecule has 29 heavy (non-hydrogen) atoms. The smallest absolute Gasteiger partial charge is 0.321 e. The van der Waals surface area contributed by atoms with Crippen LogP contribution in [0.25, 0.3) is 11.4 Å². The summed E-state index contributed by atoms with van der Waals surface area (Å²) in [5, 5.41) is 11.4. The number of aromatic nitrogens is 3. The Morgan fingerprint density at radius 3 is 2.45 bits per heavy atom. The minimum absolute atomic E-state index is 0.0560. The molecule has 1 aliphatic heterocycles. The van der Waals surface area contributed by atoms with E-state index in [2.05, 4.69) is 53.6 Å². The summed E-state index contributed by atoms with van der Waals surface area (Å²) in [5.74, 6) is 1.29. The van der Waals surface area contributed by atoms with E-state index in [1.54, 1.807) is 6.33 Å². The van der Waals surface area contributed by atoms with E-state index in [4.69, 9.17) is 0 Å². The molecule has 4 rings (SSSR count). The van der Waals surface area contributed by atoms with Crippen LogP contribution >= 0.6 is 0 Å². The zero-order chi connectivity index (χ0) is 20.2. The summed E-state index contributed by atoms with van der Waals surface area (Å²) < 4.78 is 2.01. The Morgan fingerprint density at radius 2 is 1.72 bits per heavy atom. The van der Waals surface area contributed by atoms with E-state index in [0.717, 1.165) is 43.0 Å². The predicted molar refractivity (Wildman–Crippen MR) is 115 cm³/mol. The van der Waals surface area contributed by atoms with Crippen molar-refractivity contribution in [3.8, 4) is 11.4 Å². The maximum absolute atomic E-state index is 12.9. The third kappa shape index (κ3) is 4.16. The molecule has 150 valence electrons. The summed E-state index contributed by atoms with van der Waals surface area (Å²) in [7, 11) is 0. The van der Waals surface area contributed by atoms with Crippen molar-refractivity contribution >= 4 is 11.7 Å². The van der Waals surface area contributed by atoms with Gasteiger partial charge in [0.1, 0.15) is 6.33 Å². The molecule has 0 aliphatic carbocycles. The fourth-order valence-electron chi connectivity index (χ4n) is 3.94. The second kappa shape index (κ2) is 8.47. The number of urea groups is 1. The monoisotopic (exact) mass is 389 g/mol. The summed E-state index contributed by atoms with van der Waals surface area (Å²) in [6.07, 6.45) is 3.70. The Kier molecular flexibility index (Phi) is 5.60. The van der Waals surface area contributed by atoms with Crippen molar-refractivity contribution in [1.82, 2.24) is 19.7 Å². The highest BCUT2D eigenvalue weighted by atomic mass is 16.2. The molecular formula is C23H27N5O. The molecule has 0 radical (unpaired) electrons. The first-order valence-electron chi connectivity index (χ1n) is 10.2. The van der Waals surface area contributed by atoms with Crippen LogP contribution in [0.3, 0.4) is 0 Å². The van der Waals surface area contributed by atoms with Crippen molar-refractivity contribution in [2.24, 2.45) is 0 Å². The minimum atomic E-state index is -0.0560. The Bertz CT molecular complexity index is 958. The zero-order valence-electron chi connectivity index (χ0n) is 17.0. The van der Waals surface area contributed by atoms with E-state index in [0.29, 0.717) is 5.92 Å². The lowest BCUT2D eigenvalue weighted by Crippen LogP contribution is -2.40. The second-order valence-electron chi connectivity index (χ2n) is 7.80. The Morgan fingerprint density at radius 1 is 1.03 bits per heavy atom. The molecule has 1 fully saturated rings. The van der Waals surface area contributed by atoms with Gasteiger partial charge in [-0.3, -0.25) is 0 Å². The molecule has 1 aromatic heterocycles. The van der Waals surface area contributed by atoms with Gasteiger partial charge in [-0.2, -0.15) is 0 Å². The molecule has 6 nitrogen and oxygen atoms in total. The first-order chi connectivity index (χ1) is 14.1. The number of hydrogen-bond acceptors (Lipinski definition) is 3. The normalized spacial score (nSPS) is 14.9. The standard InChI is InChI=1S/C23H27N5O/c1-17(2)28-16-24-26-22(28)20-10-6-7-11-21(20)25-23(29)27-14-12-19(13-15-27)18-8-4-3-5-9-18/h3-11,16-17,19H,12-15H2,1-2H3,(H,25,29). The fraction of sp³-hybridized carbons (Fsp3) is 0.348. The average Bonchev–Trinajstić information content (AvgIpc) is 3.25. The molecule has 2 heterocycles. The largest absolute Gasteiger partial charge is 0.324 e. The Labute approximate surface area is 171 Å². The van der Waals surface area contributed by atoms with Crippen LogP contribution in [0.5, 0.6) is 0 Å². The fourth-order valence-corrected chi connectivity index (χ4v) is 3.94. The van der Waals surface area contributed by atoms with E-state index in [1.807, 2.05) is 39.8 Å². The molecule has 1 saturated heterocycles. The lowest BCUT2D eigenvalue weighted by Gasteiger charge is -2.32. The lowest BCUT2D eigenvalue weighted by molar-refractivity contribution is 0.194. The molecule has 3 aromatic rings. The van der Waals surface area contributed by atoms with Gasteiger partial charge in [0, 0.05) is 24.7 Å². The van der Waals surface area contributed by atoms with E-state index in [-0.39, 0.29) is 12.1 Å². The molecule has 2 aromatic carbocycles. The molecule has 2 amide bonds. The number of nitrogens with one attached hydrogen (secondary N) is 1. The number of para-hydroxylation sites is 1. The maximum atomic E-state index is 12.9. The summed E-state index contributed by atoms with van der Waals surface area (Å²) in [6.45, 7) is 5.70. The quantitative estimate of drug-likeness (QED) is 0.688. The molecule has 6 heteroatoms. The van der Waals surface area contributed by atoms with Gasteiger partial charge < -0.3 is 14.8 Å². The van der Waals surface area contributed by atoms with Crippen LogP contribution < -0.4 is 5.32 Å². The topological polar surface area (TPSA) is 63.1 Å². The average molecular weight is 390 g/mol. The Balaban J connectivity index is 1.45. The van der Waals surface area contributed by atoms with Crippen molar-refractivity contribution in [2.75, 3.05) is 18.4 Å². The SMILES string of the molecule is CC(C)n1cnnc1-c1ccccc1NC(=O)N1CCC(c2ccccc2)CC1. The first-order valence-corrected chi connectivity index (χ1v) is 10.2. The van der Waals surface area contributed by atoms with Gasteiger partial charge in [-0.05, 0) is 50.3 Å². The third-order valence-corrected chi connectivity index (χ3v) is 5.59. The van der Waals surface area contributed by atoms with Crippen LogP contribution in [0.1, 0.15) is 44.2 Å². The second-order valence-corrected chi connectivity index (χ2v) is 7.80. The van der Waals surface area contributed by atoms with Crippen molar-refractivity contribution < 1.29 is 4.79 Å². The van der Waals surface area contributed by atoms with E-state index in [1.165, 1.54) is 5.56 Å². The highest BCUT2D eigenvalue weighted by Gasteiger charge is 2.24. The number of carbonyl (C=O) groups excluding carboxylic acids is 1. The van der Waals surface area contributed by atoms with Crippen LogP contribution in [0.2, 0.25) is 0 Å². The molecule has 1 aliphatic rings. The van der Waals surface area contributed by atoms with E-state index in [9.17, 15) is 4.79 Å². The number of nitrogens with zero attached hydrogens (tertiary/aromatic N) is 4. The van der Waals surface area contributed by atoms with E-state index >= 15 is 0 Å². The van der Waals surface area contributed by atoms with Crippen molar-refractivity contribution in [1.29, 1.82) is 0 Å². The van der Waals surface area contributed by atoms with Crippen molar-refractivity contribution in [2.45, 2.75) is 38.6 Å².